The number of ether oxygens (including phenoxy) is 1. The number of carbonyl (C=O) groups is 1. The van der Waals surface area contributed by atoms with Crippen LogP contribution in [0.1, 0.15) is 37.7 Å². The van der Waals surface area contributed by atoms with Crippen molar-refractivity contribution in [2.75, 3.05) is 11.1 Å². The van der Waals surface area contributed by atoms with Gasteiger partial charge < -0.3 is 9.30 Å². The van der Waals surface area contributed by atoms with Crippen molar-refractivity contribution in [1.82, 2.24) is 25.0 Å². The fourth-order valence-electron chi connectivity index (χ4n) is 2.51. The fourth-order valence-corrected chi connectivity index (χ4v) is 4.01. The Morgan fingerprint density at radius 3 is 2.66 bits per heavy atom. The number of aryl methyl sites for hydroxylation is 1. The van der Waals surface area contributed by atoms with E-state index in [4.69, 9.17) is 4.74 Å². The van der Waals surface area contributed by atoms with Crippen LogP contribution in [0.2, 0.25) is 0 Å². The van der Waals surface area contributed by atoms with E-state index in [1.165, 1.54) is 35.2 Å². The molecule has 3 rings (SSSR count). The van der Waals surface area contributed by atoms with Gasteiger partial charge in [0.05, 0.1) is 5.75 Å². The molecule has 0 fully saturated rings. The van der Waals surface area contributed by atoms with Crippen molar-refractivity contribution in [3.8, 4) is 5.75 Å². The molecule has 154 valence electrons. The average Bonchev–Trinajstić information content (AvgIpc) is 3.34. The zero-order valence-corrected chi connectivity index (χ0v) is 17.9. The van der Waals surface area contributed by atoms with Crippen LogP contribution in [0.15, 0.2) is 29.4 Å². The number of aromatic nitrogens is 5. The Balaban J connectivity index is 1.60. The molecular weight excluding hydrogens is 415 g/mol. The third-order valence-electron chi connectivity index (χ3n) is 3.90. The van der Waals surface area contributed by atoms with Crippen LogP contribution in [0, 0.1) is 5.82 Å². The molecular formula is C18H21FN6O2S2. The summed E-state index contributed by atoms with van der Waals surface area (Å²) in [5.41, 5.74) is 0. The molecule has 1 amide bonds. The molecule has 2 heterocycles. The van der Waals surface area contributed by atoms with E-state index in [9.17, 15) is 9.18 Å². The molecule has 29 heavy (non-hydrogen) atoms. The summed E-state index contributed by atoms with van der Waals surface area (Å²) in [7, 11) is 0. The van der Waals surface area contributed by atoms with Crippen molar-refractivity contribution in [3.63, 3.8) is 0 Å². The number of halogens is 1. The third kappa shape index (κ3) is 5.51. The van der Waals surface area contributed by atoms with Crippen molar-refractivity contribution in [3.05, 3.63) is 40.9 Å². The Morgan fingerprint density at radius 1 is 1.24 bits per heavy atom. The maximum Gasteiger partial charge on any atom is 0.236 e. The number of thioether (sulfide) groups is 1. The summed E-state index contributed by atoms with van der Waals surface area (Å²) >= 11 is 2.65. The molecule has 0 bridgehead atoms. The normalized spacial score (nSPS) is 12.0. The monoisotopic (exact) mass is 436 g/mol. The Bertz CT molecular complexity index is 960. The van der Waals surface area contributed by atoms with Gasteiger partial charge in [0.25, 0.3) is 0 Å². The lowest BCUT2D eigenvalue weighted by molar-refractivity contribution is -0.113. The molecule has 1 atom stereocenters. The first kappa shape index (κ1) is 21.2. The highest BCUT2D eigenvalue weighted by Gasteiger charge is 2.19. The second-order valence-electron chi connectivity index (χ2n) is 5.99. The van der Waals surface area contributed by atoms with Crippen molar-refractivity contribution in [2.45, 2.75) is 45.0 Å². The standard InChI is InChI=1S/C18H21FN6O2S2/c1-4-15-21-23-17(29-15)20-14(26)10-28-18-24-22-16(25(18)5-2)11(3)27-13-8-6-12(19)7-9-13/h6-9,11H,4-5,10H2,1-3H3,(H,20,23,26). The molecule has 0 radical (unpaired) electrons. The van der Waals surface area contributed by atoms with Crippen LogP contribution < -0.4 is 10.1 Å². The van der Waals surface area contributed by atoms with Crippen molar-refractivity contribution >= 4 is 34.1 Å². The summed E-state index contributed by atoms with van der Waals surface area (Å²) in [5, 5.41) is 21.1. The van der Waals surface area contributed by atoms with Gasteiger partial charge >= 0.3 is 0 Å². The van der Waals surface area contributed by atoms with E-state index in [1.807, 2.05) is 25.3 Å². The second kappa shape index (κ2) is 9.79. The smallest absolute Gasteiger partial charge is 0.236 e. The summed E-state index contributed by atoms with van der Waals surface area (Å²) in [6.45, 7) is 6.42. The number of benzene rings is 1. The van der Waals surface area contributed by atoms with Gasteiger partial charge in [-0.1, -0.05) is 30.0 Å². The minimum Gasteiger partial charge on any atom is -0.483 e. The second-order valence-corrected chi connectivity index (χ2v) is 7.99. The summed E-state index contributed by atoms with van der Waals surface area (Å²) < 4.78 is 20.8. The van der Waals surface area contributed by atoms with E-state index < -0.39 is 0 Å². The number of carbonyl (C=O) groups excluding carboxylic acids is 1. The summed E-state index contributed by atoms with van der Waals surface area (Å²) in [5.74, 6) is 0.847. The zero-order valence-electron chi connectivity index (χ0n) is 16.3. The van der Waals surface area contributed by atoms with Crippen molar-refractivity contribution in [2.24, 2.45) is 0 Å². The summed E-state index contributed by atoms with van der Waals surface area (Å²) in [4.78, 5) is 12.2. The highest BCUT2D eigenvalue weighted by molar-refractivity contribution is 7.99. The van der Waals surface area contributed by atoms with Gasteiger partial charge in [-0.15, -0.1) is 20.4 Å². The van der Waals surface area contributed by atoms with Crippen LogP contribution in [0.4, 0.5) is 9.52 Å². The Morgan fingerprint density at radius 2 is 2.00 bits per heavy atom. The SMILES string of the molecule is CCc1nnc(NC(=O)CSc2nnc(C(C)Oc3ccc(F)cc3)n2CC)s1. The molecule has 1 N–H and O–H groups in total. The van der Waals surface area contributed by atoms with E-state index in [0.29, 0.717) is 28.4 Å². The zero-order chi connectivity index (χ0) is 20.8. The molecule has 2 aromatic heterocycles. The number of nitrogens with one attached hydrogen (secondary N) is 1. The van der Waals surface area contributed by atoms with Crippen molar-refractivity contribution < 1.29 is 13.9 Å². The molecule has 0 aliphatic heterocycles. The predicted octanol–water partition coefficient (Wildman–Crippen LogP) is 3.72. The third-order valence-corrected chi connectivity index (χ3v) is 5.85. The highest BCUT2D eigenvalue weighted by Crippen LogP contribution is 2.25. The van der Waals surface area contributed by atoms with Crippen LogP contribution in [-0.2, 0) is 17.8 Å². The first-order valence-corrected chi connectivity index (χ1v) is 10.9. The fraction of sp³-hybridized carbons (Fsp3) is 0.389. The lowest BCUT2D eigenvalue weighted by Crippen LogP contribution is -2.15. The van der Waals surface area contributed by atoms with Gasteiger partial charge in [-0.05, 0) is 44.5 Å². The van der Waals surface area contributed by atoms with Gasteiger partial charge in [0.15, 0.2) is 17.1 Å². The van der Waals surface area contributed by atoms with E-state index in [1.54, 1.807) is 12.1 Å². The largest absolute Gasteiger partial charge is 0.483 e. The minimum absolute atomic E-state index is 0.173. The molecule has 0 saturated heterocycles. The first-order valence-electron chi connectivity index (χ1n) is 9.10. The van der Waals surface area contributed by atoms with Gasteiger partial charge in [0.2, 0.25) is 11.0 Å². The maximum absolute atomic E-state index is 13.1. The summed E-state index contributed by atoms with van der Waals surface area (Å²) in [6, 6.07) is 5.81. The van der Waals surface area contributed by atoms with E-state index in [0.717, 1.165) is 11.4 Å². The number of anilines is 1. The summed E-state index contributed by atoms with van der Waals surface area (Å²) in [6.07, 6.45) is 0.396. The van der Waals surface area contributed by atoms with Gasteiger partial charge in [0.1, 0.15) is 16.6 Å². The Labute approximate surface area is 175 Å². The van der Waals surface area contributed by atoms with E-state index in [2.05, 4.69) is 25.7 Å². The van der Waals surface area contributed by atoms with Crippen LogP contribution >= 0.6 is 23.1 Å². The molecule has 0 aliphatic rings. The first-order chi connectivity index (χ1) is 14.0. The van der Waals surface area contributed by atoms with Gasteiger partial charge in [-0.2, -0.15) is 0 Å². The number of nitrogens with zero attached hydrogens (tertiary/aromatic N) is 5. The molecule has 3 aromatic rings. The number of hydrogen-bond acceptors (Lipinski definition) is 8. The quantitative estimate of drug-likeness (QED) is 0.511. The van der Waals surface area contributed by atoms with E-state index in [-0.39, 0.29) is 23.6 Å². The van der Waals surface area contributed by atoms with Gasteiger partial charge in [0, 0.05) is 6.54 Å². The lowest BCUT2D eigenvalue weighted by atomic mass is 10.3. The average molecular weight is 437 g/mol. The number of rotatable bonds is 9. The van der Waals surface area contributed by atoms with Crippen LogP contribution in [0.5, 0.6) is 5.75 Å². The predicted molar refractivity (Wildman–Crippen MR) is 110 cm³/mol. The Hall–Kier alpha value is -2.53. The van der Waals surface area contributed by atoms with Crippen LogP contribution in [0.3, 0.4) is 0 Å². The number of hydrogen-bond donors (Lipinski definition) is 1. The molecule has 0 aliphatic carbocycles. The van der Waals surface area contributed by atoms with Crippen LogP contribution in [0.25, 0.3) is 0 Å². The molecule has 1 unspecified atom stereocenters. The molecule has 0 saturated carbocycles. The topological polar surface area (TPSA) is 94.8 Å². The van der Waals surface area contributed by atoms with E-state index >= 15 is 0 Å². The van der Waals surface area contributed by atoms with Gasteiger partial charge in [-0.25, -0.2) is 4.39 Å². The lowest BCUT2D eigenvalue weighted by Gasteiger charge is -2.15. The van der Waals surface area contributed by atoms with Gasteiger partial charge in [-0.3, -0.25) is 10.1 Å². The highest BCUT2D eigenvalue weighted by atomic mass is 32.2. The molecule has 8 nitrogen and oxygen atoms in total. The van der Waals surface area contributed by atoms with Crippen LogP contribution in [-0.4, -0.2) is 36.6 Å². The molecule has 1 aromatic carbocycles. The Kier molecular flexibility index (Phi) is 7.15. The van der Waals surface area contributed by atoms with Crippen molar-refractivity contribution in [1.29, 1.82) is 0 Å². The maximum atomic E-state index is 13.1. The molecule has 0 spiro atoms. The minimum atomic E-state index is -0.384. The number of amides is 1. The molecule has 11 heteroatoms.